The van der Waals surface area contributed by atoms with E-state index in [0.717, 1.165) is 5.69 Å². The molecule has 6 heteroatoms. The number of carbonyl (C=O) groups is 2. The maximum Gasteiger partial charge on any atom is 0.312 e. The van der Waals surface area contributed by atoms with Gasteiger partial charge in [0.25, 0.3) is 5.91 Å². The fraction of sp³-hybridized carbons (Fsp3) is 0.353. The van der Waals surface area contributed by atoms with Crippen LogP contribution < -0.4 is 5.32 Å². The van der Waals surface area contributed by atoms with E-state index in [4.69, 9.17) is 0 Å². The second kappa shape index (κ2) is 6.91. The van der Waals surface area contributed by atoms with Gasteiger partial charge in [0.1, 0.15) is 4.88 Å². The van der Waals surface area contributed by atoms with Crippen molar-refractivity contribution in [2.45, 2.75) is 32.1 Å². The maximum atomic E-state index is 12.4. The minimum absolute atomic E-state index is 0.0413. The first-order chi connectivity index (χ1) is 10.8. The summed E-state index contributed by atoms with van der Waals surface area (Å²) in [5.74, 6) is -2.01. The van der Waals surface area contributed by atoms with Crippen LogP contribution in [0.2, 0.25) is 0 Å². The Morgan fingerprint density at radius 3 is 2.48 bits per heavy atom. The minimum Gasteiger partial charge on any atom is -0.481 e. The van der Waals surface area contributed by atoms with Crippen LogP contribution >= 0.6 is 11.3 Å². The van der Waals surface area contributed by atoms with Crippen LogP contribution in [0.15, 0.2) is 35.8 Å². The Hall–Kier alpha value is -2.21. The Morgan fingerprint density at radius 2 is 1.91 bits per heavy atom. The molecule has 1 unspecified atom stereocenters. The van der Waals surface area contributed by atoms with Crippen LogP contribution in [0.5, 0.6) is 0 Å². The number of nitrogens with one attached hydrogen (secondary N) is 1. The number of carboxylic acid groups (broad SMARTS) is 1. The molecule has 23 heavy (non-hydrogen) atoms. The number of hydrogen-bond acceptors (Lipinski definition) is 4. The highest BCUT2D eigenvalue weighted by molar-refractivity contribution is 7.11. The van der Waals surface area contributed by atoms with Gasteiger partial charge in [0.2, 0.25) is 0 Å². The molecule has 0 saturated heterocycles. The van der Waals surface area contributed by atoms with Crippen molar-refractivity contribution in [3.05, 3.63) is 52.0 Å². The molecule has 0 fully saturated rings. The standard InChI is InChI=1S/C17H20N2O3S/c1-17(2,3)14-13(23-10-19-14)15(20)18-9-12(16(21)22)11-7-5-4-6-8-11/h4-8,10,12H,9H2,1-3H3,(H,18,20)(H,21,22). The molecule has 2 rings (SSSR count). The molecule has 2 N–H and O–H groups in total. The van der Waals surface area contributed by atoms with Crippen LogP contribution in [0.4, 0.5) is 0 Å². The van der Waals surface area contributed by atoms with Gasteiger partial charge in [-0.25, -0.2) is 4.98 Å². The van der Waals surface area contributed by atoms with E-state index in [1.54, 1.807) is 29.8 Å². The largest absolute Gasteiger partial charge is 0.481 e. The maximum absolute atomic E-state index is 12.4. The molecule has 0 spiro atoms. The predicted molar refractivity (Wildman–Crippen MR) is 90.0 cm³/mol. The minimum atomic E-state index is -0.961. The first-order valence-corrected chi connectivity index (χ1v) is 8.18. The van der Waals surface area contributed by atoms with E-state index in [-0.39, 0.29) is 17.9 Å². The van der Waals surface area contributed by atoms with Crippen LogP contribution in [-0.4, -0.2) is 28.5 Å². The van der Waals surface area contributed by atoms with Crippen molar-refractivity contribution < 1.29 is 14.7 Å². The summed E-state index contributed by atoms with van der Waals surface area (Å²) in [6, 6.07) is 8.90. The van der Waals surface area contributed by atoms with Gasteiger partial charge in [0.15, 0.2) is 0 Å². The Labute approximate surface area is 139 Å². The van der Waals surface area contributed by atoms with Crippen molar-refractivity contribution in [2.24, 2.45) is 0 Å². The van der Waals surface area contributed by atoms with Gasteiger partial charge in [-0.05, 0) is 5.56 Å². The van der Waals surface area contributed by atoms with Gasteiger partial charge < -0.3 is 10.4 Å². The molecule has 0 aliphatic rings. The first kappa shape index (κ1) is 17.1. The van der Waals surface area contributed by atoms with Crippen LogP contribution in [0.25, 0.3) is 0 Å². The van der Waals surface area contributed by atoms with Gasteiger partial charge in [-0.3, -0.25) is 9.59 Å². The van der Waals surface area contributed by atoms with Crippen LogP contribution in [-0.2, 0) is 10.2 Å². The molecule has 0 aliphatic heterocycles. The smallest absolute Gasteiger partial charge is 0.312 e. The highest BCUT2D eigenvalue weighted by Gasteiger charge is 2.26. The number of amides is 1. The molecule has 1 amide bonds. The summed E-state index contributed by atoms with van der Waals surface area (Å²) < 4.78 is 0. The molecular formula is C17H20N2O3S. The number of carbonyl (C=O) groups excluding carboxylic acids is 1. The molecule has 1 aromatic carbocycles. The van der Waals surface area contributed by atoms with E-state index in [1.165, 1.54) is 11.3 Å². The summed E-state index contributed by atoms with van der Waals surface area (Å²) in [6.45, 7) is 6.01. The van der Waals surface area contributed by atoms with Gasteiger partial charge >= 0.3 is 5.97 Å². The lowest BCUT2D eigenvalue weighted by Crippen LogP contribution is -2.32. The van der Waals surface area contributed by atoms with E-state index in [9.17, 15) is 14.7 Å². The van der Waals surface area contributed by atoms with E-state index >= 15 is 0 Å². The van der Waals surface area contributed by atoms with E-state index in [2.05, 4.69) is 10.3 Å². The van der Waals surface area contributed by atoms with Gasteiger partial charge in [0.05, 0.1) is 17.1 Å². The Bertz CT molecular complexity index is 689. The van der Waals surface area contributed by atoms with Crippen molar-refractivity contribution in [1.29, 1.82) is 0 Å². The zero-order chi connectivity index (χ0) is 17.0. The molecule has 0 bridgehead atoms. The number of hydrogen-bond donors (Lipinski definition) is 2. The Balaban J connectivity index is 2.12. The lowest BCUT2D eigenvalue weighted by molar-refractivity contribution is -0.138. The molecule has 0 aliphatic carbocycles. The van der Waals surface area contributed by atoms with Crippen LogP contribution in [0.1, 0.15) is 47.6 Å². The number of nitrogens with zero attached hydrogens (tertiary/aromatic N) is 1. The average molecular weight is 332 g/mol. The third kappa shape index (κ3) is 4.16. The lowest BCUT2D eigenvalue weighted by Gasteiger charge is -2.18. The molecule has 5 nitrogen and oxygen atoms in total. The molecule has 1 heterocycles. The fourth-order valence-corrected chi connectivity index (χ4v) is 3.16. The van der Waals surface area contributed by atoms with Gasteiger partial charge in [-0.15, -0.1) is 11.3 Å². The molecule has 0 radical (unpaired) electrons. The Kier molecular flexibility index (Phi) is 5.15. The number of carboxylic acids is 1. The highest BCUT2D eigenvalue weighted by Crippen LogP contribution is 2.27. The molecule has 0 saturated carbocycles. The lowest BCUT2D eigenvalue weighted by atomic mass is 9.91. The van der Waals surface area contributed by atoms with Crippen molar-refractivity contribution in [2.75, 3.05) is 6.54 Å². The van der Waals surface area contributed by atoms with E-state index < -0.39 is 11.9 Å². The summed E-state index contributed by atoms with van der Waals surface area (Å²) >= 11 is 1.27. The molecule has 2 aromatic rings. The number of aromatic nitrogens is 1. The quantitative estimate of drug-likeness (QED) is 0.882. The summed E-state index contributed by atoms with van der Waals surface area (Å²) in [6.07, 6.45) is 0. The molecule has 1 atom stereocenters. The first-order valence-electron chi connectivity index (χ1n) is 7.30. The van der Waals surface area contributed by atoms with E-state index in [1.807, 2.05) is 26.8 Å². The monoisotopic (exact) mass is 332 g/mol. The molecule has 1 aromatic heterocycles. The molecular weight excluding hydrogens is 312 g/mol. The van der Waals surface area contributed by atoms with E-state index in [0.29, 0.717) is 10.4 Å². The van der Waals surface area contributed by atoms with Crippen molar-refractivity contribution in [3.8, 4) is 0 Å². The third-order valence-electron chi connectivity index (χ3n) is 3.45. The second-order valence-electron chi connectivity index (χ2n) is 6.29. The zero-order valence-corrected chi connectivity index (χ0v) is 14.2. The number of benzene rings is 1. The highest BCUT2D eigenvalue weighted by atomic mass is 32.1. The SMILES string of the molecule is CC(C)(C)c1ncsc1C(=O)NCC(C(=O)O)c1ccccc1. The van der Waals surface area contributed by atoms with Crippen molar-refractivity contribution >= 4 is 23.2 Å². The molecule has 122 valence electrons. The third-order valence-corrected chi connectivity index (χ3v) is 4.28. The van der Waals surface area contributed by atoms with Crippen molar-refractivity contribution in [3.63, 3.8) is 0 Å². The number of rotatable bonds is 5. The van der Waals surface area contributed by atoms with Gasteiger partial charge in [-0.2, -0.15) is 0 Å². The van der Waals surface area contributed by atoms with Crippen LogP contribution in [0.3, 0.4) is 0 Å². The van der Waals surface area contributed by atoms with Gasteiger partial charge in [-0.1, -0.05) is 51.1 Å². The normalized spacial score (nSPS) is 12.7. The average Bonchev–Trinajstić information content (AvgIpc) is 2.97. The number of thiazole rings is 1. The summed E-state index contributed by atoms with van der Waals surface area (Å²) in [5.41, 5.74) is 2.80. The summed E-state index contributed by atoms with van der Waals surface area (Å²) in [4.78, 5) is 28.7. The Morgan fingerprint density at radius 1 is 1.26 bits per heavy atom. The number of aliphatic carboxylic acids is 1. The van der Waals surface area contributed by atoms with Gasteiger partial charge in [0, 0.05) is 12.0 Å². The topological polar surface area (TPSA) is 79.3 Å². The second-order valence-corrected chi connectivity index (χ2v) is 7.15. The van der Waals surface area contributed by atoms with Crippen molar-refractivity contribution in [1.82, 2.24) is 10.3 Å². The summed E-state index contributed by atoms with van der Waals surface area (Å²) in [7, 11) is 0. The predicted octanol–water partition coefficient (Wildman–Crippen LogP) is 3.04. The fourth-order valence-electron chi connectivity index (χ4n) is 2.25. The zero-order valence-electron chi connectivity index (χ0n) is 13.4. The summed E-state index contributed by atoms with van der Waals surface area (Å²) in [5, 5.41) is 12.1. The van der Waals surface area contributed by atoms with Crippen LogP contribution in [0, 0.1) is 0 Å².